The average molecular weight is 565 g/mol. The fraction of sp³-hybridized carbons (Fsp3) is 0.261. The molecule has 2 fully saturated rings. The maximum atomic E-state index is 12.7. The SMILES string of the molecule is O=C1[C@@H]2[C@H](C(=O)N1N=Cc1cc(Cl)c(OCc3ccc(Br)cc3)c(Br)c1)[C@H]1C=C[C@H]2C1. The lowest BCUT2D eigenvalue weighted by Crippen LogP contribution is -2.28. The molecule has 1 aliphatic heterocycles. The van der Waals surface area contributed by atoms with E-state index in [1.807, 2.05) is 24.3 Å². The Labute approximate surface area is 201 Å². The van der Waals surface area contributed by atoms with Gasteiger partial charge < -0.3 is 4.74 Å². The average Bonchev–Trinajstić information content (AvgIpc) is 3.42. The van der Waals surface area contributed by atoms with Gasteiger partial charge in [-0.3, -0.25) is 9.59 Å². The second-order valence-corrected chi connectivity index (χ2v) is 10.1. The smallest absolute Gasteiger partial charge is 0.254 e. The van der Waals surface area contributed by atoms with Gasteiger partial charge in [0.1, 0.15) is 6.61 Å². The monoisotopic (exact) mass is 562 g/mol. The van der Waals surface area contributed by atoms with Crippen molar-refractivity contribution in [3.8, 4) is 5.75 Å². The van der Waals surface area contributed by atoms with Crippen molar-refractivity contribution in [1.29, 1.82) is 0 Å². The zero-order valence-electron chi connectivity index (χ0n) is 16.2. The summed E-state index contributed by atoms with van der Waals surface area (Å²) in [5.74, 6) is -0.0822. The predicted molar refractivity (Wildman–Crippen MR) is 125 cm³/mol. The van der Waals surface area contributed by atoms with E-state index >= 15 is 0 Å². The minimum atomic E-state index is -0.260. The van der Waals surface area contributed by atoms with Gasteiger partial charge in [0.05, 0.1) is 27.5 Å². The lowest BCUT2D eigenvalue weighted by atomic mass is 9.85. The van der Waals surface area contributed by atoms with Gasteiger partial charge in [0.15, 0.2) is 5.75 Å². The van der Waals surface area contributed by atoms with Gasteiger partial charge in [0, 0.05) is 4.47 Å². The van der Waals surface area contributed by atoms with E-state index in [1.54, 1.807) is 12.1 Å². The summed E-state index contributed by atoms with van der Waals surface area (Å²) in [6, 6.07) is 11.3. The van der Waals surface area contributed by atoms with Crippen molar-refractivity contribution in [2.75, 3.05) is 0 Å². The van der Waals surface area contributed by atoms with E-state index in [0.717, 1.165) is 21.5 Å². The first-order valence-corrected chi connectivity index (χ1v) is 11.8. The molecule has 4 atom stereocenters. The molecule has 1 saturated carbocycles. The predicted octanol–water partition coefficient (Wildman–Crippen LogP) is 5.59. The number of hydrogen-bond acceptors (Lipinski definition) is 4. The number of amides is 2. The highest BCUT2D eigenvalue weighted by Crippen LogP contribution is 2.52. The van der Waals surface area contributed by atoms with Crippen LogP contribution in [0.15, 0.2) is 62.6 Å². The zero-order valence-corrected chi connectivity index (χ0v) is 20.1. The van der Waals surface area contributed by atoms with Crippen LogP contribution in [0.2, 0.25) is 5.02 Å². The van der Waals surface area contributed by atoms with Gasteiger partial charge in [-0.2, -0.15) is 10.1 Å². The summed E-state index contributed by atoms with van der Waals surface area (Å²) in [5.41, 5.74) is 1.67. The van der Waals surface area contributed by atoms with Gasteiger partial charge in [-0.15, -0.1) is 0 Å². The number of ether oxygens (including phenoxy) is 1. The van der Waals surface area contributed by atoms with Crippen molar-refractivity contribution >= 4 is 61.5 Å². The van der Waals surface area contributed by atoms with Gasteiger partial charge in [-0.05, 0) is 69.6 Å². The highest BCUT2D eigenvalue weighted by molar-refractivity contribution is 9.10. The molecule has 2 aromatic rings. The first kappa shape index (κ1) is 20.9. The molecule has 158 valence electrons. The Morgan fingerprint density at radius 2 is 1.71 bits per heavy atom. The van der Waals surface area contributed by atoms with Crippen molar-refractivity contribution < 1.29 is 14.3 Å². The van der Waals surface area contributed by atoms with Gasteiger partial charge in [0.2, 0.25) is 0 Å². The molecule has 2 aromatic carbocycles. The number of nitrogens with zero attached hydrogens (tertiary/aromatic N) is 2. The fourth-order valence-corrected chi connectivity index (χ4v) is 5.91. The Kier molecular flexibility index (Phi) is 5.52. The molecule has 31 heavy (non-hydrogen) atoms. The molecule has 1 saturated heterocycles. The Morgan fingerprint density at radius 3 is 2.32 bits per heavy atom. The summed E-state index contributed by atoms with van der Waals surface area (Å²) in [6.45, 7) is 0.370. The Bertz CT molecular complexity index is 1080. The minimum Gasteiger partial charge on any atom is -0.486 e. The number of rotatable bonds is 5. The molecule has 1 heterocycles. The van der Waals surface area contributed by atoms with E-state index in [4.69, 9.17) is 16.3 Å². The summed E-state index contributed by atoms with van der Waals surface area (Å²) in [5, 5.41) is 5.64. The molecule has 0 radical (unpaired) electrons. The summed E-state index contributed by atoms with van der Waals surface area (Å²) in [4.78, 5) is 25.5. The zero-order chi connectivity index (χ0) is 21.7. The molecule has 5 rings (SSSR count). The third-order valence-electron chi connectivity index (χ3n) is 6.09. The number of fused-ring (bicyclic) bond motifs is 5. The van der Waals surface area contributed by atoms with Crippen LogP contribution in [0, 0.1) is 23.7 Å². The molecule has 2 aliphatic carbocycles. The van der Waals surface area contributed by atoms with Crippen LogP contribution in [0.5, 0.6) is 5.75 Å². The van der Waals surface area contributed by atoms with Crippen molar-refractivity contribution in [2.24, 2.45) is 28.8 Å². The summed E-state index contributed by atoms with van der Waals surface area (Å²) in [6.07, 6.45) is 6.51. The van der Waals surface area contributed by atoms with Crippen LogP contribution in [0.3, 0.4) is 0 Å². The van der Waals surface area contributed by atoms with Gasteiger partial charge in [0.25, 0.3) is 11.8 Å². The van der Waals surface area contributed by atoms with Crippen LogP contribution in [0.1, 0.15) is 17.5 Å². The third-order valence-corrected chi connectivity index (χ3v) is 7.48. The lowest BCUT2D eigenvalue weighted by molar-refractivity contribution is -0.140. The quantitative estimate of drug-likeness (QED) is 0.271. The van der Waals surface area contributed by atoms with Crippen LogP contribution in [-0.4, -0.2) is 23.0 Å². The second kappa shape index (κ2) is 8.19. The number of imide groups is 1. The van der Waals surface area contributed by atoms with Crippen molar-refractivity contribution in [2.45, 2.75) is 13.0 Å². The summed E-state index contributed by atoms with van der Waals surface area (Å²) in [7, 11) is 0. The number of carbonyl (C=O) groups is 2. The Hall–Kier alpha value is -1.96. The number of carbonyl (C=O) groups excluding carboxylic acids is 2. The molecule has 0 N–H and O–H groups in total. The molecule has 3 aliphatic rings. The normalized spacial score (nSPS) is 26.4. The Morgan fingerprint density at radius 1 is 1.06 bits per heavy atom. The number of allylic oxidation sites excluding steroid dienone is 2. The Balaban J connectivity index is 1.30. The van der Waals surface area contributed by atoms with Crippen molar-refractivity contribution in [1.82, 2.24) is 5.01 Å². The van der Waals surface area contributed by atoms with Gasteiger partial charge >= 0.3 is 0 Å². The first-order chi connectivity index (χ1) is 14.9. The number of hydrogen-bond donors (Lipinski definition) is 0. The van der Waals surface area contributed by atoms with E-state index in [1.165, 1.54) is 6.21 Å². The molecule has 0 spiro atoms. The van der Waals surface area contributed by atoms with E-state index < -0.39 is 0 Å². The molecular formula is C23H17Br2ClN2O3. The lowest BCUT2D eigenvalue weighted by Gasteiger charge is -2.13. The highest BCUT2D eigenvalue weighted by atomic mass is 79.9. The van der Waals surface area contributed by atoms with Crippen LogP contribution in [0.25, 0.3) is 0 Å². The number of hydrazone groups is 1. The maximum absolute atomic E-state index is 12.7. The van der Waals surface area contributed by atoms with E-state index in [0.29, 0.717) is 27.4 Å². The molecule has 0 aromatic heterocycles. The molecule has 2 amide bonds. The standard InChI is InChI=1S/C23H17Br2ClN2O3/c24-16-5-1-12(2-6-16)11-31-21-17(25)7-13(8-18(21)26)10-27-28-22(29)19-14-3-4-15(9-14)20(19)23(28)30/h1-8,10,14-15,19-20H,9,11H2/t14-,15-,19-,20+/m0/s1. The van der Waals surface area contributed by atoms with Gasteiger partial charge in [-0.25, -0.2) is 0 Å². The summed E-state index contributed by atoms with van der Waals surface area (Å²) < 4.78 is 7.54. The number of benzene rings is 2. The van der Waals surface area contributed by atoms with E-state index in [-0.39, 0.29) is 35.5 Å². The van der Waals surface area contributed by atoms with Crippen LogP contribution in [-0.2, 0) is 16.2 Å². The van der Waals surface area contributed by atoms with Crippen molar-refractivity contribution in [3.63, 3.8) is 0 Å². The van der Waals surface area contributed by atoms with Crippen LogP contribution < -0.4 is 4.74 Å². The van der Waals surface area contributed by atoms with Crippen LogP contribution in [0.4, 0.5) is 0 Å². The maximum Gasteiger partial charge on any atom is 0.254 e. The van der Waals surface area contributed by atoms with E-state index in [2.05, 4.69) is 49.1 Å². The minimum absolute atomic E-state index is 0.164. The molecule has 2 bridgehead atoms. The molecule has 0 unspecified atom stereocenters. The second-order valence-electron chi connectivity index (χ2n) is 7.96. The van der Waals surface area contributed by atoms with Gasteiger partial charge in [-0.1, -0.05) is 51.8 Å². The fourth-order valence-electron chi connectivity index (χ4n) is 4.65. The van der Waals surface area contributed by atoms with Crippen molar-refractivity contribution in [3.05, 3.63) is 73.6 Å². The summed E-state index contributed by atoms with van der Waals surface area (Å²) >= 11 is 13.3. The van der Waals surface area contributed by atoms with Crippen LogP contribution >= 0.6 is 43.5 Å². The van der Waals surface area contributed by atoms with E-state index in [9.17, 15) is 9.59 Å². The highest BCUT2D eigenvalue weighted by Gasteiger charge is 2.59. The topological polar surface area (TPSA) is 59.0 Å². The third kappa shape index (κ3) is 3.77. The molecule has 8 heteroatoms. The largest absolute Gasteiger partial charge is 0.486 e. The molecular weight excluding hydrogens is 548 g/mol. The first-order valence-electron chi connectivity index (χ1n) is 9.89. The number of halogens is 3. The molecule has 5 nitrogen and oxygen atoms in total.